The fourth-order valence-corrected chi connectivity index (χ4v) is 0.816. The SMILES string of the molecule is CC1=C(C)C(O)[C@H](N)O1. The number of hydrogen-bond donors (Lipinski definition) is 2. The molecule has 0 amide bonds. The first kappa shape index (κ1) is 6.58. The van der Waals surface area contributed by atoms with Gasteiger partial charge in [0.2, 0.25) is 0 Å². The summed E-state index contributed by atoms with van der Waals surface area (Å²) >= 11 is 0. The average molecular weight is 129 g/mol. The van der Waals surface area contributed by atoms with Gasteiger partial charge in [0.25, 0.3) is 0 Å². The summed E-state index contributed by atoms with van der Waals surface area (Å²) in [6.07, 6.45) is -1.16. The molecule has 0 saturated carbocycles. The first-order chi connectivity index (χ1) is 4.13. The van der Waals surface area contributed by atoms with Gasteiger partial charge in [-0.1, -0.05) is 0 Å². The van der Waals surface area contributed by atoms with Crippen LogP contribution in [-0.2, 0) is 4.74 Å². The Morgan fingerprint density at radius 1 is 1.56 bits per heavy atom. The molecule has 0 fully saturated rings. The Hall–Kier alpha value is -0.540. The van der Waals surface area contributed by atoms with Crippen LogP contribution in [0.15, 0.2) is 11.3 Å². The molecule has 3 N–H and O–H groups in total. The van der Waals surface area contributed by atoms with Crippen molar-refractivity contribution in [3.05, 3.63) is 11.3 Å². The lowest BCUT2D eigenvalue weighted by Crippen LogP contribution is -2.32. The summed E-state index contributed by atoms with van der Waals surface area (Å²) in [6.45, 7) is 3.61. The molecule has 1 unspecified atom stereocenters. The molecule has 0 radical (unpaired) electrons. The van der Waals surface area contributed by atoms with Crippen LogP contribution >= 0.6 is 0 Å². The molecule has 0 aromatic heterocycles. The maximum atomic E-state index is 9.13. The highest BCUT2D eigenvalue weighted by Crippen LogP contribution is 2.21. The fraction of sp³-hybridized carbons (Fsp3) is 0.667. The molecular formula is C6H11NO2. The Balaban J connectivity index is 2.74. The van der Waals surface area contributed by atoms with Crippen LogP contribution in [0.1, 0.15) is 13.8 Å². The Kier molecular flexibility index (Phi) is 1.47. The maximum absolute atomic E-state index is 9.13. The van der Waals surface area contributed by atoms with Gasteiger partial charge in [-0.25, -0.2) is 0 Å². The lowest BCUT2D eigenvalue weighted by Gasteiger charge is -2.08. The highest BCUT2D eigenvalue weighted by Gasteiger charge is 2.26. The predicted molar refractivity (Wildman–Crippen MR) is 33.4 cm³/mol. The summed E-state index contributed by atoms with van der Waals surface area (Å²) in [6, 6.07) is 0. The zero-order valence-corrected chi connectivity index (χ0v) is 5.59. The third kappa shape index (κ3) is 0.930. The number of rotatable bonds is 0. The van der Waals surface area contributed by atoms with Crippen molar-refractivity contribution in [1.29, 1.82) is 0 Å². The lowest BCUT2D eigenvalue weighted by molar-refractivity contribution is 0.0549. The zero-order chi connectivity index (χ0) is 7.02. The van der Waals surface area contributed by atoms with E-state index in [9.17, 15) is 0 Å². The molecule has 0 bridgehead atoms. The van der Waals surface area contributed by atoms with Crippen LogP contribution in [0.2, 0.25) is 0 Å². The quantitative estimate of drug-likeness (QED) is 0.482. The van der Waals surface area contributed by atoms with Gasteiger partial charge in [0.05, 0.1) is 5.76 Å². The van der Waals surface area contributed by atoms with E-state index in [2.05, 4.69) is 0 Å². The average Bonchev–Trinajstić information content (AvgIpc) is 1.98. The molecule has 1 aliphatic rings. The van der Waals surface area contributed by atoms with Gasteiger partial charge in [0.15, 0.2) is 6.23 Å². The molecule has 1 rings (SSSR count). The number of aliphatic hydroxyl groups excluding tert-OH is 1. The van der Waals surface area contributed by atoms with Crippen molar-refractivity contribution in [3.8, 4) is 0 Å². The number of ether oxygens (including phenoxy) is 1. The molecule has 1 aliphatic heterocycles. The molecule has 0 aromatic rings. The molecule has 52 valence electrons. The highest BCUT2D eigenvalue weighted by atomic mass is 16.5. The normalized spacial score (nSPS) is 35.1. The fourth-order valence-electron chi connectivity index (χ4n) is 0.816. The van der Waals surface area contributed by atoms with Crippen LogP contribution in [-0.4, -0.2) is 17.4 Å². The second kappa shape index (κ2) is 2.01. The standard InChI is InChI=1S/C6H11NO2/c1-3-4(2)9-6(7)5(3)8/h5-6,8H,7H2,1-2H3/t5?,6-/m1/s1. The topological polar surface area (TPSA) is 55.5 Å². The minimum atomic E-state index is -0.606. The largest absolute Gasteiger partial charge is 0.477 e. The second-order valence-corrected chi connectivity index (χ2v) is 2.27. The molecular weight excluding hydrogens is 118 g/mol. The van der Waals surface area contributed by atoms with Gasteiger partial charge >= 0.3 is 0 Å². The van der Waals surface area contributed by atoms with Gasteiger partial charge in [-0.05, 0) is 19.4 Å². The maximum Gasteiger partial charge on any atom is 0.177 e. The number of allylic oxidation sites excluding steroid dienone is 1. The van der Waals surface area contributed by atoms with Crippen LogP contribution in [0.25, 0.3) is 0 Å². The van der Waals surface area contributed by atoms with E-state index in [-0.39, 0.29) is 0 Å². The Morgan fingerprint density at radius 2 is 2.11 bits per heavy atom. The molecule has 0 spiro atoms. The van der Waals surface area contributed by atoms with Crippen LogP contribution in [0.4, 0.5) is 0 Å². The van der Waals surface area contributed by atoms with E-state index in [1.807, 2.05) is 6.92 Å². The zero-order valence-electron chi connectivity index (χ0n) is 5.59. The highest BCUT2D eigenvalue weighted by molar-refractivity contribution is 5.15. The van der Waals surface area contributed by atoms with Gasteiger partial charge in [-0.3, -0.25) is 5.73 Å². The van der Waals surface area contributed by atoms with Crippen molar-refractivity contribution in [2.45, 2.75) is 26.2 Å². The number of hydrogen-bond acceptors (Lipinski definition) is 3. The molecule has 0 saturated heterocycles. The molecule has 9 heavy (non-hydrogen) atoms. The van der Waals surface area contributed by atoms with Gasteiger partial charge in [0, 0.05) is 0 Å². The minimum Gasteiger partial charge on any atom is -0.477 e. The number of nitrogens with two attached hydrogens (primary N) is 1. The van der Waals surface area contributed by atoms with Crippen LogP contribution in [0.5, 0.6) is 0 Å². The van der Waals surface area contributed by atoms with Crippen molar-refractivity contribution >= 4 is 0 Å². The monoisotopic (exact) mass is 129 g/mol. The smallest absolute Gasteiger partial charge is 0.177 e. The summed E-state index contributed by atoms with van der Waals surface area (Å²) in [7, 11) is 0. The van der Waals surface area contributed by atoms with Crippen molar-refractivity contribution < 1.29 is 9.84 Å². The summed E-state index contributed by atoms with van der Waals surface area (Å²) in [5, 5.41) is 9.13. The summed E-state index contributed by atoms with van der Waals surface area (Å²) < 4.78 is 4.99. The summed E-state index contributed by atoms with van der Waals surface area (Å²) in [5.74, 6) is 0.745. The third-order valence-corrected chi connectivity index (χ3v) is 1.62. The summed E-state index contributed by atoms with van der Waals surface area (Å²) in [4.78, 5) is 0. The lowest BCUT2D eigenvalue weighted by atomic mass is 10.2. The Bertz CT molecular complexity index is 153. The minimum absolute atomic E-state index is 0.551. The van der Waals surface area contributed by atoms with E-state index in [4.69, 9.17) is 15.6 Å². The van der Waals surface area contributed by atoms with Crippen molar-refractivity contribution in [2.24, 2.45) is 5.73 Å². The van der Waals surface area contributed by atoms with E-state index >= 15 is 0 Å². The van der Waals surface area contributed by atoms with E-state index in [1.54, 1.807) is 6.92 Å². The van der Waals surface area contributed by atoms with Crippen LogP contribution in [0, 0.1) is 0 Å². The van der Waals surface area contributed by atoms with Crippen molar-refractivity contribution in [3.63, 3.8) is 0 Å². The molecule has 0 aromatic carbocycles. The van der Waals surface area contributed by atoms with E-state index in [0.717, 1.165) is 11.3 Å². The molecule has 1 heterocycles. The first-order valence-electron chi connectivity index (χ1n) is 2.90. The molecule has 0 aliphatic carbocycles. The Labute approximate surface area is 54.1 Å². The van der Waals surface area contributed by atoms with E-state index in [1.165, 1.54) is 0 Å². The van der Waals surface area contributed by atoms with Crippen LogP contribution in [0.3, 0.4) is 0 Å². The van der Waals surface area contributed by atoms with Gasteiger partial charge in [0.1, 0.15) is 6.10 Å². The van der Waals surface area contributed by atoms with Crippen molar-refractivity contribution in [1.82, 2.24) is 0 Å². The van der Waals surface area contributed by atoms with Crippen molar-refractivity contribution in [2.75, 3.05) is 0 Å². The number of aliphatic hydroxyl groups is 1. The second-order valence-electron chi connectivity index (χ2n) is 2.27. The van der Waals surface area contributed by atoms with E-state index in [0.29, 0.717) is 0 Å². The molecule has 3 heteroatoms. The van der Waals surface area contributed by atoms with Crippen LogP contribution < -0.4 is 5.73 Å². The third-order valence-electron chi connectivity index (χ3n) is 1.62. The molecule has 3 nitrogen and oxygen atoms in total. The predicted octanol–water partition coefficient (Wildman–Crippen LogP) is -0.0438. The van der Waals surface area contributed by atoms with E-state index < -0.39 is 12.3 Å². The van der Waals surface area contributed by atoms with Gasteiger partial charge < -0.3 is 9.84 Å². The molecule has 2 atom stereocenters. The summed E-state index contributed by atoms with van der Waals surface area (Å²) in [5.41, 5.74) is 6.18. The Morgan fingerprint density at radius 3 is 2.22 bits per heavy atom. The van der Waals surface area contributed by atoms with Gasteiger partial charge in [-0.15, -0.1) is 0 Å². The van der Waals surface area contributed by atoms with Gasteiger partial charge in [-0.2, -0.15) is 0 Å². The first-order valence-corrected chi connectivity index (χ1v) is 2.90.